The molecule has 0 atom stereocenters. The van der Waals surface area contributed by atoms with E-state index in [4.69, 9.17) is 9.47 Å². The zero-order chi connectivity index (χ0) is 14.7. The number of ketones is 1. The molecule has 2 aromatic rings. The lowest BCUT2D eigenvalue weighted by Gasteiger charge is -2.11. The Morgan fingerprint density at radius 3 is 2.55 bits per heavy atom. The molecule has 106 valence electrons. The highest BCUT2D eigenvalue weighted by Crippen LogP contribution is 2.32. The lowest BCUT2D eigenvalue weighted by atomic mass is 10.1. The van der Waals surface area contributed by atoms with Crippen molar-refractivity contribution in [3.63, 3.8) is 0 Å². The highest BCUT2D eigenvalue weighted by molar-refractivity contribution is 5.99. The molecule has 0 amide bonds. The van der Waals surface area contributed by atoms with Gasteiger partial charge in [0.05, 0.1) is 19.5 Å². The molecular formula is C15H18N2O3. The van der Waals surface area contributed by atoms with E-state index in [2.05, 4.69) is 5.10 Å². The van der Waals surface area contributed by atoms with Gasteiger partial charge in [0, 0.05) is 6.04 Å². The van der Waals surface area contributed by atoms with Gasteiger partial charge in [-0.1, -0.05) is 6.07 Å². The number of rotatable bonds is 5. The number of carbonyl (C=O) groups is 1. The fraction of sp³-hybridized carbons (Fsp3) is 0.333. The van der Waals surface area contributed by atoms with Crippen LogP contribution in [0, 0.1) is 0 Å². The lowest BCUT2D eigenvalue weighted by Crippen LogP contribution is -2.01. The Bertz CT molecular complexity index is 617. The van der Waals surface area contributed by atoms with Crippen molar-refractivity contribution in [3.8, 4) is 17.2 Å². The molecule has 20 heavy (non-hydrogen) atoms. The summed E-state index contributed by atoms with van der Waals surface area (Å²) < 4.78 is 12.8. The lowest BCUT2D eigenvalue weighted by molar-refractivity contribution is 0.101. The molecule has 0 aliphatic carbocycles. The summed E-state index contributed by atoms with van der Waals surface area (Å²) in [6.45, 7) is 5.55. The zero-order valence-corrected chi connectivity index (χ0v) is 12.1. The molecule has 0 unspecified atom stereocenters. The number of benzene rings is 1. The average Bonchev–Trinajstić information content (AvgIpc) is 2.86. The monoisotopic (exact) mass is 274 g/mol. The van der Waals surface area contributed by atoms with Crippen molar-refractivity contribution < 1.29 is 14.3 Å². The maximum Gasteiger partial charge on any atom is 0.167 e. The predicted octanol–water partition coefficient (Wildman–Crippen LogP) is 3.47. The van der Waals surface area contributed by atoms with E-state index in [-0.39, 0.29) is 11.8 Å². The van der Waals surface area contributed by atoms with Crippen LogP contribution in [-0.2, 0) is 0 Å². The molecule has 0 aliphatic rings. The molecule has 5 nitrogen and oxygen atoms in total. The molecule has 0 radical (unpaired) electrons. The third kappa shape index (κ3) is 2.82. The molecule has 1 heterocycles. The number of ether oxygens (including phenoxy) is 2. The quantitative estimate of drug-likeness (QED) is 0.783. The number of aromatic nitrogens is 2. The summed E-state index contributed by atoms with van der Waals surface area (Å²) >= 11 is 0. The van der Waals surface area contributed by atoms with E-state index in [1.807, 2.05) is 13.8 Å². The third-order valence-electron chi connectivity index (χ3n) is 2.89. The van der Waals surface area contributed by atoms with Gasteiger partial charge in [0.2, 0.25) is 0 Å². The van der Waals surface area contributed by atoms with Gasteiger partial charge in [-0.2, -0.15) is 5.10 Å². The van der Waals surface area contributed by atoms with E-state index in [0.29, 0.717) is 22.8 Å². The Morgan fingerprint density at radius 2 is 2.00 bits per heavy atom. The van der Waals surface area contributed by atoms with Crippen molar-refractivity contribution in [1.82, 2.24) is 9.78 Å². The standard InChI is InChI=1S/C15H18N2O3/c1-10(2)17-9-12(8-16-17)20-14-7-5-6-13(19-4)15(14)11(3)18/h5-10H,1-4H3. The Kier molecular flexibility index (Phi) is 4.08. The van der Waals surface area contributed by atoms with Crippen LogP contribution in [0.1, 0.15) is 37.2 Å². The van der Waals surface area contributed by atoms with Gasteiger partial charge in [-0.25, -0.2) is 0 Å². The first-order chi connectivity index (χ1) is 9.52. The minimum absolute atomic E-state index is 0.103. The number of hydrogen-bond donors (Lipinski definition) is 0. The third-order valence-corrected chi connectivity index (χ3v) is 2.89. The van der Waals surface area contributed by atoms with Gasteiger partial charge in [-0.15, -0.1) is 0 Å². The van der Waals surface area contributed by atoms with Gasteiger partial charge in [0.15, 0.2) is 11.5 Å². The number of nitrogens with zero attached hydrogens (tertiary/aromatic N) is 2. The molecule has 1 aromatic carbocycles. The van der Waals surface area contributed by atoms with Gasteiger partial charge in [-0.3, -0.25) is 9.48 Å². The molecular weight excluding hydrogens is 256 g/mol. The summed E-state index contributed by atoms with van der Waals surface area (Å²) in [5.74, 6) is 1.47. The molecule has 0 fully saturated rings. The Morgan fingerprint density at radius 1 is 1.30 bits per heavy atom. The van der Waals surface area contributed by atoms with E-state index in [1.54, 1.807) is 35.3 Å². The van der Waals surface area contributed by atoms with Gasteiger partial charge in [-0.05, 0) is 32.9 Å². The number of methoxy groups -OCH3 is 1. The smallest absolute Gasteiger partial charge is 0.167 e. The Labute approximate surface area is 118 Å². The summed E-state index contributed by atoms with van der Waals surface area (Å²) in [5.41, 5.74) is 0.437. The van der Waals surface area contributed by atoms with E-state index in [9.17, 15) is 4.79 Å². The number of Topliss-reactive ketones (excluding diaryl/α,β-unsaturated/α-hetero) is 1. The van der Waals surface area contributed by atoms with Crippen LogP contribution in [0.4, 0.5) is 0 Å². The average molecular weight is 274 g/mol. The Balaban J connectivity index is 2.35. The molecule has 1 aromatic heterocycles. The molecule has 0 saturated carbocycles. The van der Waals surface area contributed by atoms with Gasteiger partial charge < -0.3 is 9.47 Å². The highest BCUT2D eigenvalue weighted by Gasteiger charge is 2.16. The topological polar surface area (TPSA) is 53.4 Å². The number of hydrogen-bond acceptors (Lipinski definition) is 4. The minimum atomic E-state index is -0.103. The van der Waals surface area contributed by atoms with Crippen LogP contribution in [0.15, 0.2) is 30.6 Å². The van der Waals surface area contributed by atoms with E-state index in [0.717, 1.165) is 0 Å². The molecule has 5 heteroatoms. The van der Waals surface area contributed by atoms with Crippen molar-refractivity contribution in [2.75, 3.05) is 7.11 Å². The largest absolute Gasteiger partial charge is 0.496 e. The van der Waals surface area contributed by atoms with E-state index < -0.39 is 0 Å². The van der Waals surface area contributed by atoms with E-state index >= 15 is 0 Å². The highest BCUT2D eigenvalue weighted by atomic mass is 16.5. The van der Waals surface area contributed by atoms with Crippen LogP contribution in [0.5, 0.6) is 17.2 Å². The SMILES string of the molecule is COc1cccc(Oc2cnn(C(C)C)c2)c1C(C)=O. The second-order valence-electron chi connectivity index (χ2n) is 4.74. The summed E-state index contributed by atoms with van der Waals surface area (Å²) in [5, 5.41) is 4.20. The van der Waals surface area contributed by atoms with Crippen LogP contribution >= 0.6 is 0 Å². The fourth-order valence-corrected chi connectivity index (χ4v) is 1.90. The van der Waals surface area contributed by atoms with Crippen molar-refractivity contribution in [1.29, 1.82) is 0 Å². The van der Waals surface area contributed by atoms with Crippen LogP contribution in [0.3, 0.4) is 0 Å². The molecule has 2 rings (SSSR count). The number of carbonyl (C=O) groups excluding carboxylic acids is 1. The fourth-order valence-electron chi connectivity index (χ4n) is 1.90. The van der Waals surface area contributed by atoms with Crippen molar-refractivity contribution in [2.24, 2.45) is 0 Å². The van der Waals surface area contributed by atoms with Crippen LogP contribution < -0.4 is 9.47 Å². The summed E-state index contributed by atoms with van der Waals surface area (Å²) in [7, 11) is 1.53. The first kappa shape index (κ1) is 14.1. The van der Waals surface area contributed by atoms with Gasteiger partial charge in [0.1, 0.15) is 17.1 Å². The zero-order valence-electron chi connectivity index (χ0n) is 12.1. The molecule has 0 bridgehead atoms. The van der Waals surface area contributed by atoms with Crippen LogP contribution in [0.2, 0.25) is 0 Å². The predicted molar refractivity (Wildman–Crippen MR) is 75.7 cm³/mol. The van der Waals surface area contributed by atoms with Crippen molar-refractivity contribution >= 4 is 5.78 Å². The van der Waals surface area contributed by atoms with Crippen molar-refractivity contribution in [2.45, 2.75) is 26.8 Å². The summed E-state index contributed by atoms with van der Waals surface area (Å²) in [6, 6.07) is 5.52. The first-order valence-corrected chi connectivity index (χ1v) is 6.43. The summed E-state index contributed by atoms with van der Waals surface area (Å²) in [6.07, 6.45) is 3.43. The van der Waals surface area contributed by atoms with Crippen LogP contribution in [0.25, 0.3) is 0 Å². The van der Waals surface area contributed by atoms with Gasteiger partial charge in [0.25, 0.3) is 0 Å². The molecule has 0 N–H and O–H groups in total. The first-order valence-electron chi connectivity index (χ1n) is 6.43. The second kappa shape index (κ2) is 5.77. The summed E-state index contributed by atoms with van der Waals surface area (Å²) in [4.78, 5) is 11.8. The second-order valence-corrected chi connectivity index (χ2v) is 4.74. The van der Waals surface area contributed by atoms with E-state index in [1.165, 1.54) is 14.0 Å². The minimum Gasteiger partial charge on any atom is -0.496 e. The van der Waals surface area contributed by atoms with Gasteiger partial charge >= 0.3 is 0 Å². The maximum absolute atomic E-state index is 11.8. The molecule has 0 aliphatic heterocycles. The molecule has 0 saturated heterocycles. The van der Waals surface area contributed by atoms with Crippen molar-refractivity contribution in [3.05, 3.63) is 36.2 Å². The Hall–Kier alpha value is -2.30. The normalized spacial score (nSPS) is 10.7. The van der Waals surface area contributed by atoms with Crippen LogP contribution in [-0.4, -0.2) is 22.7 Å². The molecule has 0 spiro atoms. The maximum atomic E-state index is 11.8.